The van der Waals surface area contributed by atoms with Crippen LogP contribution in [0.4, 0.5) is 4.79 Å². The largest absolute Gasteiger partial charge is 0.494 e. The molecule has 0 radical (unpaired) electrons. The highest BCUT2D eigenvalue weighted by Crippen LogP contribution is 2.18. The van der Waals surface area contributed by atoms with Crippen molar-refractivity contribution in [3.63, 3.8) is 0 Å². The van der Waals surface area contributed by atoms with Gasteiger partial charge in [-0.25, -0.2) is 4.79 Å². The molecule has 5 heteroatoms. The number of carbonyl (C=O) groups is 1. The van der Waals surface area contributed by atoms with Gasteiger partial charge in [0.05, 0.1) is 13.2 Å². The van der Waals surface area contributed by atoms with Crippen molar-refractivity contribution in [1.82, 2.24) is 4.90 Å². The summed E-state index contributed by atoms with van der Waals surface area (Å²) in [5.41, 5.74) is 7.09. The fraction of sp³-hybridized carbons (Fsp3) is 0.500. The van der Waals surface area contributed by atoms with Crippen LogP contribution in [0.5, 0.6) is 5.75 Å². The molecule has 19 heavy (non-hydrogen) atoms. The second-order valence-corrected chi connectivity index (χ2v) is 4.58. The van der Waals surface area contributed by atoms with Crippen LogP contribution >= 0.6 is 0 Å². The van der Waals surface area contributed by atoms with Crippen molar-refractivity contribution in [3.05, 3.63) is 29.8 Å². The van der Waals surface area contributed by atoms with Crippen molar-refractivity contribution in [2.75, 3.05) is 26.3 Å². The number of hydrogen-bond acceptors (Lipinski definition) is 4. The summed E-state index contributed by atoms with van der Waals surface area (Å²) in [7, 11) is 0. The number of cyclic esters (lactones) is 1. The maximum Gasteiger partial charge on any atom is 0.410 e. The first-order valence-corrected chi connectivity index (χ1v) is 6.60. The van der Waals surface area contributed by atoms with E-state index in [1.165, 1.54) is 0 Å². The minimum absolute atomic E-state index is 0.203. The van der Waals surface area contributed by atoms with Crippen molar-refractivity contribution < 1.29 is 14.3 Å². The van der Waals surface area contributed by atoms with E-state index in [1.54, 1.807) is 4.90 Å². The summed E-state index contributed by atoms with van der Waals surface area (Å²) in [6.45, 7) is 4.33. The average molecular weight is 264 g/mol. The molecule has 104 valence electrons. The molecule has 0 spiro atoms. The first-order valence-electron chi connectivity index (χ1n) is 6.60. The first-order chi connectivity index (χ1) is 9.20. The normalized spacial score (nSPS) is 16.3. The number of amides is 1. The number of ether oxygens (including phenoxy) is 2. The maximum atomic E-state index is 11.3. The van der Waals surface area contributed by atoms with Gasteiger partial charge in [0.2, 0.25) is 0 Å². The lowest BCUT2D eigenvalue weighted by Crippen LogP contribution is -2.32. The van der Waals surface area contributed by atoms with Crippen LogP contribution in [-0.4, -0.2) is 37.3 Å². The Bertz CT molecular complexity index is 419. The van der Waals surface area contributed by atoms with Gasteiger partial charge in [0.1, 0.15) is 12.4 Å². The highest BCUT2D eigenvalue weighted by Gasteiger charge is 2.24. The molecule has 1 fully saturated rings. The molecule has 2 rings (SSSR count). The van der Waals surface area contributed by atoms with Gasteiger partial charge >= 0.3 is 6.09 Å². The smallest absolute Gasteiger partial charge is 0.410 e. The van der Waals surface area contributed by atoms with E-state index in [2.05, 4.69) is 6.92 Å². The van der Waals surface area contributed by atoms with E-state index in [0.29, 0.717) is 26.3 Å². The number of rotatable bonds is 6. The van der Waals surface area contributed by atoms with E-state index in [-0.39, 0.29) is 12.1 Å². The maximum absolute atomic E-state index is 11.3. The molecule has 1 amide bonds. The molecule has 0 aliphatic carbocycles. The highest BCUT2D eigenvalue weighted by atomic mass is 16.6. The van der Waals surface area contributed by atoms with E-state index >= 15 is 0 Å². The van der Waals surface area contributed by atoms with Crippen LogP contribution in [0.2, 0.25) is 0 Å². The first kappa shape index (κ1) is 13.7. The van der Waals surface area contributed by atoms with Crippen LogP contribution in [0.3, 0.4) is 0 Å². The van der Waals surface area contributed by atoms with Crippen molar-refractivity contribution in [2.24, 2.45) is 5.73 Å². The Morgan fingerprint density at radius 2 is 2.16 bits per heavy atom. The van der Waals surface area contributed by atoms with Gasteiger partial charge in [-0.2, -0.15) is 0 Å². The molecule has 1 unspecified atom stereocenters. The molecule has 5 nitrogen and oxygen atoms in total. The summed E-state index contributed by atoms with van der Waals surface area (Å²) in [5, 5.41) is 0. The van der Waals surface area contributed by atoms with Gasteiger partial charge < -0.3 is 20.1 Å². The highest BCUT2D eigenvalue weighted by molar-refractivity contribution is 5.69. The second kappa shape index (κ2) is 6.43. The summed E-state index contributed by atoms with van der Waals surface area (Å²) in [5.74, 6) is 0.846. The van der Waals surface area contributed by atoms with Crippen molar-refractivity contribution >= 4 is 6.09 Å². The topological polar surface area (TPSA) is 64.8 Å². The fourth-order valence-electron chi connectivity index (χ4n) is 1.97. The molecule has 0 aromatic heterocycles. The lowest BCUT2D eigenvalue weighted by atomic mass is 10.1. The quantitative estimate of drug-likeness (QED) is 0.852. The predicted molar refractivity (Wildman–Crippen MR) is 72.1 cm³/mol. The zero-order chi connectivity index (χ0) is 13.7. The van der Waals surface area contributed by atoms with Gasteiger partial charge in [-0.1, -0.05) is 19.1 Å². The molecular weight excluding hydrogens is 244 g/mol. The zero-order valence-electron chi connectivity index (χ0n) is 11.2. The summed E-state index contributed by atoms with van der Waals surface area (Å²) in [4.78, 5) is 13.0. The number of carbonyl (C=O) groups excluding carboxylic acids is 1. The van der Waals surface area contributed by atoms with E-state index in [0.717, 1.165) is 17.7 Å². The Balaban J connectivity index is 1.91. The van der Waals surface area contributed by atoms with Crippen molar-refractivity contribution in [3.8, 4) is 5.75 Å². The molecule has 1 heterocycles. The van der Waals surface area contributed by atoms with Crippen LogP contribution in [0, 0.1) is 0 Å². The summed E-state index contributed by atoms with van der Waals surface area (Å²) in [6.07, 6.45) is 0.705. The second-order valence-electron chi connectivity index (χ2n) is 4.58. The predicted octanol–water partition coefficient (Wildman–Crippen LogP) is 1.93. The molecule has 1 aliphatic rings. The number of nitrogens with two attached hydrogens (primary N) is 1. The summed E-state index contributed by atoms with van der Waals surface area (Å²) >= 11 is 0. The lowest BCUT2D eigenvalue weighted by molar-refractivity contribution is 0.157. The Morgan fingerprint density at radius 1 is 1.42 bits per heavy atom. The standard InChI is InChI=1S/C14H20N2O3/c1-2-8-18-12-5-3-11(4-6-12)13(15)10-16-7-9-19-14(16)17/h3-6,13H,2,7-10,15H2,1H3. The number of benzene rings is 1. The third-order valence-electron chi connectivity index (χ3n) is 3.04. The van der Waals surface area contributed by atoms with E-state index in [4.69, 9.17) is 15.2 Å². The number of nitrogens with zero attached hydrogens (tertiary/aromatic N) is 1. The molecule has 1 atom stereocenters. The van der Waals surface area contributed by atoms with E-state index < -0.39 is 0 Å². The Kier molecular flexibility index (Phi) is 4.63. The zero-order valence-corrected chi connectivity index (χ0v) is 11.2. The van der Waals surface area contributed by atoms with Crippen LogP contribution < -0.4 is 10.5 Å². The molecule has 0 saturated carbocycles. The molecule has 1 aliphatic heterocycles. The molecule has 2 N–H and O–H groups in total. The monoisotopic (exact) mass is 264 g/mol. The Hall–Kier alpha value is -1.75. The number of hydrogen-bond donors (Lipinski definition) is 1. The molecule has 1 aromatic carbocycles. The van der Waals surface area contributed by atoms with Gasteiger partial charge in [-0.05, 0) is 24.1 Å². The third-order valence-corrected chi connectivity index (χ3v) is 3.04. The molecular formula is C14H20N2O3. The average Bonchev–Trinajstić information content (AvgIpc) is 2.82. The Labute approximate surface area is 113 Å². The van der Waals surface area contributed by atoms with Crippen LogP contribution in [0.25, 0.3) is 0 Å². The van der Waals surface area contributed by atoms with E-state index in [9.17, 15) is 4.79 Å². The van der Waals surface area contributed by atoms with Gasteiger partial charge in [0, 0.05) is 12.6 Å². The van der Waals surface area contributed by atoms with Crippen molar-refractivity contribution in [1.29, 1.82) is 0 Å². The lowest BCUT2D eigenvalue weighted by Gasteiger charge is -2.19. The van der Waals surface area contributed by atoms with Gasteiger partial charge in [0.25, 0.3) is 0 Å². The summed E-state index contributed by atoms with van der Waals surface area (Å²) < 4.78 is 10.4. The third kappa shape index (κ3) is 3.61. The fourth-order valence-corrected chi connectivity index (χ4v) is 1.97. The minimum Gasteiger partial charge on any atom is -0.494 e. The van der Waals surface area contributed by atoms with Gasteiger partial charge in [-0.15, -0.1) is 0 Å². The Morgan fingerprint density at radius 3 is 2.74 bits per heavy atom. The van der Waals surface area contributed by atoms with Crippen LogP contribution in [0.1, 0.15) is 24.9 Å². The summed E-state index contributed by atoms with van der Waals surface area (Å²) in [6, 6.07) is 7.50. The van der Waals surface area contributed by atoms with Crippen LogP contribution in [-0.2, 0) is 4.74 Å². The SMILES string of the molecule is CCCOc1ccc(C(N)CN2CCOC2=O)cc1. The van der Waals surface area contributed by atoms with Crippen molar-refractivity contribution in [2.45, 2.75) is 19.4 Å². The molecule has 0 bridgehead atoms. The minimum atomic E-state index is -0.279. The van der Waals surface area contributed by atoms with Gasteiger partial charge in [-0.3, -0.25) is 0 Å². The molecule has 1 aromatic rings. The van der Waals surface area contributed by atoms with Gasteiger partial charge in [0.15, 0.2) is 0 Å². The molecule has 1 saturated heterocycles. The van der Waals surface area contributed by atoms with Crippen LogP contribution in [0.15, 0.2) is 24.3 Å². The van der Waals surface area contributed by atoms with E-state index in [1.807, 2.05) is 24.3 Å².